The smallest absolute Gasteiger partial charge is 0.215 e. The summed E-state index contributed by atoms with van der Waals surface area (Å²) in [7, 11) is 0. The van der Waals surface area contributed by atoms with E-state index in [1.54, 1.807) is 18.3 Å². The molecule has 0 aliphatic heterocycles. The van der Waals surface area contributed by atoms with E-state index < -0.39 is 0 Å². The zero-order valence-corrected chi connectivity index (χ0v) is 14.7. The Hall–Kier alpha value is -3.73. The standard InChI is InChI=1S/C22H16N4O/c1-15-12-13-23-18(14-15)22-24-19(16-8-4-2-5-9-16)20(25-26-22)21(27)17-10-6-3-7-11-17/h2-14H,1H3. The van der Waals surface area contributed by atoms with Crippen molar-refractivity contribution in [2.45, 2.75) is 6.92 Å². The SMILES string of the molecule is Cc1ccnc(-c2nnc(C(=O)c3ccccc3)c(-c3ccccc3)n2)c1. The highest BCUT2D eigenvalue weighted by atomic mass is 16.1. The number of nitrogens with zero attached hydrogens (tertiary/aromatic N) is 4. The molecule has 27 heavy (non-hydrogen) atoms. The van der Waals surface area contributed by atoms with E-state index in [1.165, 1.54) is 0 Å². The summed E-state index contributed by atoms with van der Waals surface area (Å²) in [5.41, 5.74) is 3.75. The van der Waals surface area contributed by atoms with E-state index in [0.29, 0.717) is 22.8 Å². The Kier molecular flexibility index (Phi) is 4.49. The van der Waals surface area contributed by atoms with E-state index >= 15 is 0 Å². The highest BCUT2D eigenvalue weighted by Crippen LogP contribution is 2.24. The van der Waals surface area contributed by atoms with Crippen LogP contribution in [0.3, 0.4) is 0 Å². The molecule has 0 bridgehead atoms. The van der Waals surface area contributed by atoms with Crippen molar-refractivity contribution in [3.05, 3.63) is 95.8 Å². The van der Waals surface area contributed by atoms with E-state index in [1.807, 2.05) is 67.6 Å². The van der Waals surface area contributed by atoms with Crippen LogP contribution < -0.4 is 0 Å². The second-order valence-corrected chi connectivity index (χ2v) is 6.11. The molecule has 0 spiro atoms. The first-order valence-electron chi connectivity index (χ1n) is 8.55. The predicted molar refractivity (Wildman–Crippen MR) is 103 cm³/mol. The summed E-state index contributed by atoms with van der Waals surface area (Å²) in [4.78, 5) is 22.0. The Labute approximate surface area is 156 Å². The van der Waals surface area contributed by atoms with Gasteiger partial charge in [-0.2, -0.15) is 0 Å². The maximum absolute atomic E-state index is 13.0. The molecule has 0 N–H and O–H groups in total. The molecule has 0 atom stereocenters. The van der Waals surface area contributed by atoms with Gasteiger partial charge in [0, 0.05) is 17.3 Å². The summed E-state index contributed by atoms with van der Waals surface area (Å²) in [6, 6.07) is 22.3. The molecule has 2 heterocycles. The lowest BCUT2D eigenvalue weighted by molar-refractivity contribution is 0.103. The zero-order valence-electron chi connectivity index (χ0n) is 14.7. The van der Waals surface area contributed by atoms with Crippen molar-refractivity contribution in [2.75, 3.05) is 0 Å². The van der Waals surface area contributed by atoms with Crippen LogP contribution in [0, 0.1) is 6.92 Å². The summed E-state index contributed by atoms with van der Waals surface area (Å²) in [6.07, 6.45) is 1.71. The Morgan fingerprint density at radius 1 is 0.852 bits per heavy atom. The average molecular weight is 352 g/mol. The normalized spacial score (nSPS) is 10.6. The first-order chi connectivity index (χ1) is 13.2. The van der Waals surface area contributed by atoms with Gasteiger partial charge in [0.2, 0.25) is 11.6 Å². The summed E-state index contributed by atoms with van der Waals surface area (Å²) in [5, 5.41) is 8.41. The minimum atomic E-state index is -0.210. The van der Waals surface area contributed by atoms with E-state index in [9.17, 15) is 4.79 Å². The minimum absolute atomic E-state index is 0.210. The summed E-state index contributed by atoms with van der Waals surface area (Å²) < 4.78 is 0. The Morgan fingerprint density at radius 3 is 2.26 bits per heavy atom. The van der Waals surface area contributed by atoms with Gasteiger partial charge in [-0.1, -0.05) is 60.7 Å². The van der Waals surface area contributed by atoms with Gasteiger partial charge in [0.05, 0.1) is 0 Å². The van der Waals surface area contributed by atoms with Crippen molar-refractivity contribution >= 4 is 5.78 Å². The molecule has 0 unspecified atom stereocenters. The van der Waals surface area contributed by atoms with Crippen molar-refractivity contribution in [1.29, 1.82) is 0 Å². The second kappa shape index (κ2) is 7.25. The molecule has 0 aliphatic rings. The van der Waals surface area contributed by atoms with E-state index in [0.717, 1.165) is 11.1 Å². The van der Waals surface area contributed by atoms with Crippen LogP contribution in [0.1, 0.15) is 21.6 Å². The van der Waals surface area contributed by atoms with Crippen LogP contribution in [0.2, 0.25) is 0 Å². The second-order valence-electron chi connectivity index (χ2n) is 6.11. The fourth-order valence-electron chi connectivity index (χ4n) is 2.77. The fourth-order valence-corrected chi connectivity index (χ4v) is 2.77. The first kappa shape index (κ1) is 16.7. The van der Waals surface area contributed by atoms with Gasteiger partial charge in [-0.15, -0.1) is 10.2 Å². The molecule has 0 saturated carbocycles. The van der Waals surface area contributed by atoms with Gasteiger partial charge in [0.1, 0.15) is 11.4 Å². The van der Waals surface area contributed by atoms with E-state index in [4.69, 9.17) is 0 Å². The molecule has 0 amide bonds. The van der Waals surface area contributed by atoms with Gasteiger partial charge in [-0.3, -0.25) is 9.78 Å². The van der Waals surface area contributed by atoms with E-state index in [-0.39, 0.29) is 11.5 Å². The monoisotopic (exact) mass is 352 g/mol. The van der Waals surface area contributed by atoms with Crippen LogP contribution in [-0.2, 0) is 0 Å². The van der Waals surface area contributed by atoms with Gasteiger partial charge in [-0.25, -0.2) is 4.98 Å². The number of hydrogen-bond acceptors (Lipinski definition) is 5. The van der Waals surface area contributed by atoms with Crippen molar-refractivity contribution in [3.63, 3.8) is 0 Å². The number of hydrogen-bond donors (Lipinski definition) is 0. The number of carbonyl (C=O) groups excluding carboxylic acids is 1. The van der Waals surface area contributed by atoms with Gasteiger partial charge in [-0.05, 0) is 24.6 Å². The Bertz CT molecular complexity index is 1100. The summed E-state index contributed by atoms with van der Waals surface area (Å²) >= 11 is 0. The fraction of sp³-hybridized carbons (Fsp3) is 0.0455. The number of aryl methyl sites for hydroxylation is 1. The molecule has 0 saturated heterocycles. The summed E-state index contributed by atoms with van der Waals surface area (Å²) in [5.74, 6) is 0.181. The van der Waals surface area contributed by atoms with Gasteiger partial charge >= 0.3 is 0 Å². The molecule has 0 aliphatic carbocycles. The molecular formula is C22H16N4O. The predicted octanol–water partition coefficient (Wildman–Crippen LogP) is 4.14. The van der Waals surface area contributed by atoms with E-state index in [2.05, 4.69) is 20.2 Å². The largest absolute Gasteiger partial charge is 0.287 e. The third kappa shape index (κ3) is 3.48. The molecular weight excluding hydrogens is 336 g/mol. The first-order valence-corrected chi connectivity index (χ1v) is 8.55. The molecule has 5 nitrogen and oxygen atoms in total. The van der Waals surface area contributed by atoms with Crippen LogP contribution in [0.5, 0.6) is 0 Å². The van der Waals surface area contributed by atoms with Gasteiger partial charge in [0.15, 0.2) is 5.69 Å². The van der Waals surface area contributed by atoms with Crippen LogP contribution >= 0.6 is 0 Å². The van der Waals surface area contributed by atoms with Crippen molar-refractivity contribution < 1.29 is 4.79 Å². The lowest BCUT2D eigenvalue weighted by atomic mass is 10.0. The molecule has 130 valence electrons. The Morgan fingerprint density at radius 2 is 1.56 bits per heavy atom. The van der Waals surface area contributed by atoms with Crippen molar-refractivity contribution in [2.24, 2.45) is 0 Å². The van der Waals surface area contributed by atoms with Gasteiger partial charge in [0.25, 0.3) is 0 Å². The maximum Gasteiger partial charge on any atom is 0.215 e. The molecule has 0 radical (unpaired) electrons. The number of ketones is 1. The van der Waals surface area contributed by atoms with Crippen LogP contribution in [0.15, 0.2) is 79.0 Å². The minimum Gasteiger partial charge on any atom is -0.287 e. The Balaban J connectivity index is 1.88. The summed E-state index contributed by atoms with van der Waals surface area (Å²) in [6.45, 7) is 1.98. The number of carbonyl (C=O) groups is 1. The van der Waals surface area contributed by atoms with Crippen LogP contribution in [-0.4, -0.2) is 25.9 Å². The molecule has 2 aromatic carbocycles. The highest BCUT2D eigenvalue weighted by molar-refractivity contribution is 6.10. The average Bonchev–Trinajstić information content (AvgIpc) is 2.74. The number of rotatable bonds is 4. The number of aromatic nitrogens is 4. The molecule has 0 fully saturated rings. The molecule has 4 aromatic rings. The van der Waals surface area contributed by atoms with Crippen molar-refractivity contribution in [3.8, 4) is 22.8 Å². The molecule has 2 aromatic heterocycles. The number of pyridine rings is 1. The third-order valence-corrected chi connectivity index (χ3v) is 4.13. The lowest BCUT2D eigenvalue weighted by Gasteiger charge is -2.09. The van der Waals surface area contributed by atoms with Crippen molar-refractivity contribution in [1.82, 2.24) is 20.2 Å². The van der Waals surface area contributed by atoms with Gasteiger partial charge < -0.3 is 0 Å². The highest BCUT2D eigenvalue weighted by Gasteiger charge is 2.20. The molecule has 5 heteroatoms. The topological polar surface area (TPSA) is 68.6 Å². The number of benzene rings is 2. The third-order valence-electron chi connectivity index (χ3n) is 4.13. The molecule has 4 rings (SSSR count). The van der Waals surface area contributed by atoms with Crippen LogP contribution in [0.25, 0.3) is 22.8 Å². The lowest BCUT2D eigenvalue weighted by Crippen LogP contribution is -2.11. The zero-order chi connectivity index (χ0) is 18.6. The maximum atomic E-state index is 13.0. The van der Waals surface area contributed by atoms with Crippen LogP contribution in [0.4, 0.5) is 0 Å². The quantitative estimate of drug-likeness (QED) is 0.516.